The fraction of sp³-hybridized carbons (Fsp3) is 0.912. The maximum Gasteiger partial charge on any atom is 0.334 e. The molecule has 6 heteroatoms. The van der Waals surface area contributed by atoms with Crippen molar-refractivity contribution in [3.63, 3.8) is 0 Å². The molecule has 4 aliphatic carbocycles. The van der Waals surface area contributed by atoms with Crippen LogP contribution in [0.2, 0.25) is 0 Å². The number of hydrogen-bond donors (Lipinski definition) is 1. The van der Waals surface area contributed by atoms with Gasteiger partial charge in [-0.2, -0.15) is 0 Å². The van der Waals surface area contributed by atoms with E-state index in [1.54, 1.807) is 6.92 Å². The summed E-state index contributed by atoms with van der Waals surface area (Å²) in [6.45, 7) is 11.6. The second-order valence-corrected chi connectivity index (χ2v) is 15.3. The van der Waals surface area contributed by atoms with Crippen LogP contribution in [-0.2, 0) is 23.7 Å². The van der Waals surface area contributed by atoms with Crippen LogP contribution < -0.4 is 0 Å². The van der Waals surface area contributed by atoms with E-state index in [2.05, 4.69) is 13.8 Å². The average molecular weight is 561 g/mol. The maximum atomic E-state index is 12.2. The number of ether oxygens (including phenoxy) is 4. The van der Waals surface area contributed by atoms with Gasteiger partial charge in [-0.25, -0.2) is 4.79 Å². The van der Waals surface area contributed by atoms with E-state index in [1.807, 2.05) is 0 Å². The summed E-state index contributed by atoms with van der Waals surface area (Å²) in [5, 5.41) is 10.0. The van der Waals surface area contributed by atoms with Gasteiger partial charge < -0.3 is 24.1 Å². The highest BCUT2D eigenvalue weighted by atomic mass is 16.5. The SMILES string of the molecule is CC(C(=O)O)=C(OCCCCCCC1(C)COC1)C12CC3CC(CC(OCCCCCCC4(C)COC4)(C3)C1)C2. The zero-order valence-electron chi connectivity index (χ0n) is 25.7. The van der Waals surface area contributed by atoms with Crippen molar-refractivity contribution >= 4 is 5.97 Å². The van der Waals surface area contributed by atoms with Crippen molar-refractivity contribution in [2.75, 3.05) is 39.6 Å². The first-order chi connectivity index (χ1) is 19.1. The molecule has 2 saturated heterocycles. The number of allylic oxidation sites excluding steroid dienone is 1. The molecule has 4 saturated carbocycles. The van der Waals surface area contributed by atoms with Gasteiger partial charge in [0.2, 0.25) is 0 Å². The minimum absolute atomic E-state index is 0.0877. The summed E-state index contributed by atoms with van der Waals surface area (Å²) < 4.78 is 24.1. The molecule has 0 aromatic heterocycles. The summed E-state index contributed by atoms with van der Waals surface area (Å²) in [6, 6.07) is 0. The van der Waals surface area contributed by atoms with E-state index in [1.165, 1.54) is 51.4 Å². The molecule has 6 fully saturated rings. The molecule has 40 heavy (non-hydrogen) atoms. The van der Waals surface area contributed by atoms with Crippen molar-refractivity contribution in [1.29, 1.82) is 0 Å². The molecule has 2 unspecified atom stereocenters. The van der Waals surface area contributed by atoms with Crippen LogP contribution in [0.4, 0.5) is 0 Å². The van der Waals surface area contributed by atoms with Crippen molar-refractivity contribution in [1.82, 2.24) is 0 Å². The monoisotopic (exact) mass is 560 g/mol. The lowest BCUT2D eigenvalue weighted by molar-refractivity contribution is -0.193. The summed E-state index contributed by atoms with van der Waals surface area (Å²) in [5.74, 6) is 1.21. The topological polar surface area (TPSA) is 74.2 Å². The first-order valence-electron chi connectivity index (χ1n) is 16.5. The number of carboxylic acid groups (broad SMARTS) is 1. The Balaban J connectivity index is 1.11. The normalized spacial score (nSPS) is 33.7. The quantitative estimate of drug-likeness (QED) is 0.105. The first-order valence-corrected chi connectivity index (χ1v) is 16.5. The molecule has 0 aromatic rings. The fourth-order valence-electron chi connectivity index (χ4n) is 9.04. The van der Waals surface area contributed by atoms with E-state index in [4.69, 9.17) is 18.9 Å². The minimum atomic E-state index is -0.834. The Hall–Kier alpha value is -1.11. The third kappa shape index (κ3) is 7.09. The molecular weight excluding hydrogens is 504 g/mol. The van der Waals surface area contributed by atoms with Crippen LogP contribution >= 0.6 is 0 Å². The van der Waals surface area contributed by atoms with Crippen molar-refractivity contribution in [2.45, 2.75) is 129 Å². The number of unbranched alkanes of at least 4 members (excludes halogenated alkanes) is 6. The lowest BCUT2D eigenvalue weighted by atomic mass is 9.47. The van der Waals surface area contributed by atoms with Crippen LogP contribution in [0.3, 0.4) is 0 Å². The van der Waals surface area contributed by atoms with Crippen molar-refractivity contribution in [3.05, 3.63) is 11.3 Å². The predicted octanol–water partition coefficient (Wildman–Crippen LogP) is 7.69. The van der Waals surface area contributed by atoms with Crippen LogP contribution in [0.1, 0.15) is 124 Å². The third-order valence-corrected chi connectivity index (χ3v) is 11.0. The molecule has 0 spiro atoms. The zero-order valence-corrected chi connectivity index (χ0v) is 25.7. The van der Waals surface area contributed by atoms with Crippen molar-refractivity contribution < 1.29 is 28.8 Å². The van der Waals surface area contributed by atoms with E-state index in [9.17, 15) is 9.90 Å². The molecule has 0 aromatic carbocycles. The molecular formula is C34H56O6. The Morgan fingerprint density at radius 2 is 1.30 bits per heavy atom. The third-order valence-electron chi connectivity index (χ3n) is 11.0. The van der Waals surface area contributed by atoms with E-state index < -0.39 is 5.97 Å². The van der Waals surface area contributed by atoms with Gasteiger partial charge in [-0.3, -0.25) is 0 Å². The second-order valence-electron chi connectivity index (χ2n) is 15.3. The van der Waals surface area contributed by atoms with E-state index >= 15 is 0 Å². The summed E-state index contributed by atoms with van der Waals surface area (Å²) in [5.41, 5.74) is 0.988. The summed E-state index contributed by atoms with van der Waals surface area (Å²) in [7, 11) is 0. The van der Waals surface area contributed by atoms with Crippen LogP contribution in [-0.4, -0.2) is 56.3 Å². The van der Waals surface area contributed by atoms with E-state index in [-0.39, 0.29) is 11.0 Å². The molecule has 2 heterocycles. The second kappa shape index (κ2) is 12.6. The van der Waals surface area contributed by atoms with Crippen LogP contribution in [0.25, 0.3) is 0 Å². The van der Waals surface area contributed by atoms with E-state index in [0.29, 0.717) is 34.8 Å². The number of carboxylic acids is 1. The molecule has 6 nitrogen and oxygen atoms in total. The Labute approximate surface area is 242 Å². The Morgan fingerprint density at radius 3 is 1.80 bits per heavy atom. The van der Waals surface area contributed by atoms with Crippen molar-refractivity contribution in [3.8, 4) is 0 Å². The van der Waals surface area contributed by atoms with Gasteiger partial charge in [0.25, 0.3) is 0 Å². The summed E-state index contributed by atoms with van der Waals surface area (Å²) >= 11 is 0. The molecule has 0 radical (unpaired) electrons. The molecule has 228 valence electrons. The number of aliphatic carboxylic acids is 1. The van der Waals surface area contributed by atoms with Gasteiger partial charge in [-0.1, -0.05) is 52.4 Å². The summed E-state index contributed by atoms with van der Waals surface area (Å²) in [4.78, 5) is 12.2. The Bertz CT molecular complexity index is 886. The summed E-state index contributed by atoms with van der Waals surface area (Å²) in [6.07, 6.45) is 18.6. The average Bonchev–Trinajstić information content (AvgIpc) is 2.86. The van der Waals surface area contributed by atoms with Crippen LogP contribution in [0, 0.1) is 28.1 Å². The highest BCUT2D eigenvalue weighted by molar-refractivity contribution is 5.86. The molecule has 1 N–H and O–H groups in total. The number of rotatable bonds is 18. The van der Waals surface area contributed by atoms with Crippen LogP contribution in [0.15, 0.2) is 11.3 Å². The van der Waals surface area contributed by atoms with Crippen molar-refractivity contribution in [2.24, 2.45) is 28.1 Å². The fourth-order valence-corrected chi connectivity index (χ4v) is 9.04. The van der Waals surface area contributed by atoms with Gasteiger partial charge in [0, 0.05) is 22.9 Å². The smallest absolute Gasteiger partial charge is 0.334 e. The Morgan fingerprint density at radius 1 is 0.775 bits per heavy atom. The Kier molecular flexibility index (Phi) is 9.58. The highest BCUT2D eigenvalue weighted by Crippen LogP contribution is 2.65. The molecule has 4 bridgehead atoms. The molecule has 6 rings (SSSR count). The van der Waals surface area contributed by atoms with Gasteiger partial charge >= 0.3 is 5.97 Å². The zero-order chi connectivity index (χ0) is 28.3. The standard InChI is InChI=1S/C34H56O6/c1-26(30(35)36)29(39-14-10-6-4-8-12-31(2)22-37-23-31)33-17-27-16-28(18-33)20-34(19-27,21-33)40-15-11-7-5-9-13-32(3)24-38-25-32/h27-28H,4-25H2,1-3H3,(H,35,36). The predicted molar refractivity (Wildman–Crippen MR) is 156 cm³/mol. The van der Waals surface area contributed by atoms with Gasteiger partial charge in [0.15, 0.2) is 0 Å². The maximum absolute atomic E-state index is 12.2. The van der Waals surface area contributed by atoms with E-state index in [0.717, 1.165) is 90.2 Å². The molecule has 2 atom stereocenters. The molecule has 0 amide bonds. The van der Waals surface area contributed by atoms with Gasteiger partial charge in [0.05, 0.1) is 44.2 Å². The minimum Gasteiger partial charge on any atom is -0.497 e. The van der Waals surface area contributed by atoms with Gasteiger partial charge in [-0.05, 0) is 83.0 Å². The first kappa shape index (κ1) is 30.4. The largest absolute Gasteiger partial charge is 0.497 e. The number of hydrogen-bond acceptors (Lipinski definition) is 5. The highest BCUT2D eigenvalue weighted by Gasteiger charge is 2.60. The molecule has 2 aliphatic heterocycles. The molecule has 6 aliphatic rings. The lowest BCUT2D eigenvalue weighted by Gasteiger charge is -2.62. The van der Waals surface area contributed by atoms with Crippen LogP contribution in [0.5, 0.6) is 0 Å². The lowest BCUT2D eigenvalue weighted by Crippen LogP contribution is -2.57. The number of carbonyl (C=O) groups is 1. The van der Waals surface area contributed by atoms with Gasteiger partial charge in [0.1, 0.15) is 5.76 Å². The van der Waals surface area contributed by atoms with Gasteiger partial charge in [-0.15, -0.1) is 0 Å².